The molecule has 0 aliphatic carbocycles. The minimum atomic E-state index is -0.382. The van der Waals surface area contributed by atoms with Gasteiger partial charge in [-0.05, 0) is 41.5 Å². The van der Waals surface area contributed by atoms with E-state index >= 15 is 0 Å². The summed E-state index contributed by atoms with van der Waals surface area (Å²) in [4.78, 5) is 12.4. The molecular weight excluding hydrogens is 280 g/mol. The predicted octanol–water partition coefficient (Wildman–Crippen LogP) is 3.11. The highest BCUT2D eigenvalue weighted by atomic mass is 32.2. The lowest BCUT2D eigenvalue weighted by Crippen LogP contribution is -2.24. The van der Waals surface area contributed by atoms with Crippen LogP contribution in [0.3, 0.4) is 0 Å². The number of nitrogens with two attached hydrogens (primary N) is 1. The Labute approximate surface area is 128 Å². The van der Waals surface area contributed by atoms with Crippen molar-refractivity contribution < 1.29 is 4.79 Å². The molecule has 1 aliphatic rings. The van der Waals surface area contributed by atoms with Crippen molar-refractivity contribution in [3.8, 4) is 0 Å². The summed E-state index contributed by atoms with van der Waals surface area (Å²) in [5.41, 5.74) is 8.36. The number of primary amides is 1. The highest BCUT2D eigenvalue weighted by Crippen LogP contribution is 2.35. The minimum absolute atomic E-state index is 0.382. The zero-order valence-electron chi connectivity index (χ0n) is 11.7. The first-order chi connectivity index (χ1) is 10.2. The molecule has 0 radical (unpaired) electrons. The maximum atomic E-state index is 11.1. The summed E-state index contributed by atoms with van der Waals surface area (Å²) >= 11 is 1.93. The number of amides is 1. The largest absolute Gasteiger partial charge is 0.366 e. The molecule has 1 atom stereocenters. The highest BCUT2D eigenvalue weighted by molar-refractivity contribution is 7.99. The number of thioether (sulfide) groups is 1. The van der Waals surface area contributed by atoms with Crippen molar-refractivity contribution in [3.05, 3.63) is 65.2 Å². The SMILES string of the molecule is NC(=O)c1ccc(CNC2CCSc3ccccc32)cc1. The Hall–Kier alpha value is -1.78. The number of carbonyl (C=O) groups excluding carboxylic acids is 1. The molecule has 2 aromatic carbocycles. The second-order valence-electron chi connectivity index (χ2n) is 5.17. The zero-order chi connectivity index (χ0) is 14.7. The van der Waals surface area contributed by atoms with E-state index in [-0.39, 0.29) is 5.91 Å². The van der Waals surface area contributed by atoms with Gasteiger partial charge in [-0.2, -0.15) is 0 Å². The molecule has 108 valence electrons. The van der Waals surface area contributed by atoms with Crippen LogP contribution in [0.1, 0.15) is 33.9 Å². The summed E-state index contributed by atoms with van der Waals surface area (Å²) in [6.07, 6.45) is 1.14. The second kappa shape index (κ2) is 6.33. The van der Waals surface area contributed by atoms with Crippen LogP contribution in [0.2, 0.25) is 0 Å². The first-order valence-electron chi connectivity index (χ1n) is 7.08. The van der Waals surface area contributed by atoms with Crippen LogP contribution < -0.4 is 11.1 Å². The summed E-state index contributed by atoms with van der Waals surface area (Å²) in [5, 5.41) is 3.61. The molecule has 1 amide bonds. The Morgan fingerprint density at radius 3 is 2.71 bits per heavy atom. The van der Waals surface area contributed by atoms with E-state index in [4.69, 9.17) is 5.73 Å². The van der Waals surface area contributed by atoms with Gasteiger partial charge in [-0.1, -0.05) is 30.3 Å². The third-order valence-corrected chi connectivity index (χ3v) is 4.87. The molecular formula is C17H18N2OS. The van der Waals surface area contributed by atoms with E-state index in [1.165, 1.54) is 10.5 Å². The standard InChI is InChI=1S/C17H18N2OS/c18-17(20)13-7-5-12(6-8-13)11-19-15-9-10-21-16-4-2-1-3-14(15)16/h1-8,15,19H,9-11H2,(H2,18,20). The van der Waals surface area contributed by atoms with Gasteiger partial charge in [0.25, 0.3) is 0 Å². The molecule has 0 saturated carbocycles. The fourth-order valence-electron chi connectivity index (χ4n) is 2.58. The molecule has 1 heterocycles. The maximum Gasteiger partial charge on any atom is 0.248 e. The Kier molecular flexibility index (Phi) is 4.27. The molecule has 21 heavy (non-hydrogen) atoms. The summed E-state index contributed by atoms with van der Waals surface area (Å²) in [6, 6.07) is 16.5. The van der Waals surface area contributed by atoms with Crippen molar-refractivity contribution in [1.82, 2.24) is 5.32 Å². The van der Waals surface area contributed by atoms with E-state index in [0.29, 0.717) is 11.6 Å². The lowest BCUT2D eigenvalue weighted by Gasteiger charge is -2.26. The van der Waals surface area contributed by atoms with Crippen LogP contribution in [-0.4, -0.2) is 11.7 Å². The van der Waals surface area contributed by atoms with Crippen LogP contribution in [0.4, 0.5) is 0 Å². The van der Waals surface area contributed by atoms with Crippen LogP contribution >= 0.6 is 11.8 Å². The van der Waals surface area contributed by atoms with E-state index < -0.39 is 0 Å². The van der Waals surface area contributed by atoms with Crippen LogP contribution in [0, 0.1) is 0 Å². The lowest BCUT2D eigenvalue weighted by atomic mass is 10.0. The van der Waals surface area contributed by atoms with Gasteiger partial charge in [0.1, 0.15) is 0 Å². The number of carbonyl (C=O) groups is 1. The predicted molar refractivity (Wildman–Crippen MR) is 86.3 cm³/mol. The molecule has 0 saturated heterocycles. The summed E-state index contributed by atoms with van der Waals surface area (Å²) in [6.45, 7) is 0.794. The summed E-state index contributed by atoms with van der Waals surface area (Å²) in [5.74, 6) is 0.766. The van der Waals surface area contributed by atoms with Gasteiger partial charge in [0.2, 0.25) is 5.91 Å². The van der Waals surface area contributed by atoms with Gasteiger partial charge in [0.15, 0.2) is 0 Å². The average Bonchev–Trinajstić information content (AvgIpc) is 2.53. The van der Waals surface area contributed by atoms with Gasteiger partial charge in [-0.15, -0.1) is 11.8 Å². The molecule has 0 fully saturated rings. The Morgan fingerprint density at radius 1 is 1.19 bits per heavy atom. The first-order valence-corrected chi connectivity index (χ1v) is 8.06. The van der Waals surface area contributed by atoms with Crippen LogP contribution in [0.25, 0.3) is 0 Å². The lowest BCUT2D eigenvalue weighted by molar-refractivity contribution is 0.100. The molecule has 3 rings (SSSR count). The first kappa shape index (κ1) is 14.2. The third kappa shape index (κ3) is 3.28. The van der Waals surface area contributed by atoms with Crippen molar-refractivity contribution in [2.24, 2.45) is 5.73 Å². The van der Waals surface area contributed by atoms with E-state index in [9.17, 15) is 4.79 Å². The van der Waals surface area contributed by atoms with Gasteiger partial charge in [0.05, 0.1) is 0 Å². The Balaban J connectivity index is 1.67. The summed E-state index contributed by atoms with van der Waals surface area (Å²) < 4.78 is 0. The van der Waals surface area contributed by atoms with Crippen molar-refractivity contribution in [2.45, 2.75) is 23.9 Å². The van der Waals surface area contributed by atoms with E-state index in [0.717, 1.165) is 24.3 Å². The van der Waals surface area contributed by atoms with Crippen LogP contribution in [0.5, 0.6) is 0 Å². The second-order valence-corrected chi connectivity index (χ2v) is 6.31. The smallest absolute Gasteiger partial charge is 0.248 e. The molecule has 0 aromatic heterocycles. The molecule has 3 nitrogen and oxygen atoms in total. The Morgan fingerprint density at radius 2 is 1.95 bits per heavy atom. The molecule has 0 bridgehead atoms. The number of fused-ring (bicyclic) bond motifs is 1. The van der Waals surface area contributed by atoms with E-state index in [2.05, 4.69) is 29.6 Å². The molecule has 2 aromatic rings. The summed E-state index contributed by atoms with van der Waals surface area (Å²) in [7, 11) is 0. The van der Waals surface area contributed by atoms with Gasteiger partial charge >= 0.3 is 0 Å². The fraction of sp³-hybridized carbons (Fsp3) is 0.235. The Bertz CT molecular complexity index is 639. The quantitative estimate of drug-likeness (QED) is 0.912. The van der Waals surface area contributed by atoms with Gasteiger partial charge in [-0.3, -0.25) is 4.79 Å². The monoisotopic (exact) mass is 298 g/mol. The molecule has 3 N–H and O–H groups in total. The van der Waals surface area contributed by atoms with Gasteiger partial charge < -0.3 is 11.1 Å². The topological polar surface area (TPSA) is 55.1 Å². The molecule has 1 unspecified atom stereocenters. The van der Waals surface area contributed by atoms with Crippen molar-refractivity contribution in [2.75, 3.05) is 5.75 Å². The number of hydrogen-bond donors (Lipinski definition) is 2. The number of benzene rings is 2. The zero-order valence-corrected chi connectivity index (χ0v) is 12.5. The maximum absolute atomic E-state index is 11.1. The van der Waals surface area contributed by atoms with E-state index in [1.54, 1.807) is 12.1 Å². The number of rotatable bonds is 4. The van der Waals surface area contributed by atoms with Crippen LogP contribution in [0.15, 0.2) is 53.4 Å². The molecule has 1 aliphatic heterocycles. The molecule has 4 heteroatoms. The average molecular weight is 298 g/mol. The van der Waals surface area contributed by atoms with Crippen molar-refractivity contribution in [1.29, 1.82) is 0 Å². The number of nitrogens with one attached hydrogen (secondary N) is 1. The number of hydrogen-bond acceptors (Lipinski definition) is 3. The van der Waals surface area contributed by atoms with E-state index in [1.807, 2.05) is 23.9 Å². The van der Waals surface area contributed by atoms with Gasteiger partial charge in [0, 0.05) is 23.0 Å². The van der Waals surface area contributed by atoms with Crippen molar-refractivity contribution >= 4 is 17.7 Å². The van der Waals surface area contributed by atoms with Gasteiger partial charge in [-0.25, -0.2) is 0 Å². The van der Waals surface area contributed by atoms with Crippen molar-refractivity contribution in [3.63, 3.8) is 0 Å². The normalized spacial score (nSPS) is 17.2. The highest BCUT2D eigenvalue weighted by Gasteiger charge is 2.19. The third-order valence-electron chi connectivity index (χ3n) is 3.75. The molecule has 0 spiro atoms. The van der Waals surface area contributed by atoms with Crippen LogP contribution in [-0.2, 0) is 6.54 Å². The fourth-order valence-corrected chi connectivity index (χ4v) is 3.71. The minimum Gasteiger partial charge on any atom is -0.366 e.